The first-order valence-corrected chi connectivity index (χ1v) is 41.0. The van der Waals surface area contributed by atoms with Gasteiger partial charge in [0.2, 0.25) is 33.3 Å². The fourth-order valence-corrected chi connectivity index (χ4v) is 10.4. The molecule has 0 aromatic rings. The molecule has 646 valence electrons. The first-order valence-electron chi connectivity index (χ1n) is 39.9. The fraction of sp³-hybridized carbons (Fsp3) is 0.855. The van der Waals surface area contributed by atoms with Crippen molar-refractivity contribution in [2.24, 2.45) is 0 Å². The van der Waals surface area contributed by atoms with Gasteiger partial charge in [-0.3, -0.25) is 43.2 Å². The number of carboxylic acid groups (broad SMARTS) is 2. The summed E-state index contributed by atoms with van der Waals surface area (Å²) in [6.45, 7) is 8.01. The first kappa shape index (κ1) is 106. The number of amides is 6. The lowest BCUT2D eigenvalue weighted by Gasteiger charge is -2.34. The third-order valence-corrected chi connectivity index (χ3v) is 16.6. The molecule has 0 saturated heterocycles. The SMILES string of the molecule is CC(=O)CCCCCCCNC(=O)CCOCCOCCOCCNC(=O)CCOCC(COCCC(=O)CCCOCCOCCOCCC(=O)NCCCCCCCC(=O)O)(COCCC(=O)CCCOCCOCCOCCC(=O)NCCCCCCCC(=O)O)NC(=O)CCCCCNC(=O)OCC(Cl)(Cl)Cl. The van der Waals surface area contributed by atoms with E-state index in [1.165, 1.54) is 0 Å². The minimum absolute atomic E-state index is 0.0135. The van der Waals surface area contributed by atoms with Crippen molar-refractivity contribution in [1.82, 2.24) is 31.9 Å². The summed E-state index contributed by atoms with van der Waals surface area (Å²) in [5.41, 5.74) is -1.36. The van der Waals surface area contributed by atoms with Gasteiger partial charge in [0, 0.05) is 123 Å². The Morgan fingerprint density at radius 2 is 0.550 bits per heavy atom. The second-order valence-electron chi connectivity index (χ2n) is 26.7. The summed E-state index contributed by atoms with van der Waals surface area (Å²) in [7, 11) is 0. The second-order valence-corrected chi connectivity index (χ2v) is 29.2. The molecule has 0 bridgehead atoms. The van der Waals surface area contributed by atoms with Crippen molar-refractivity contribution in [1.29, 1.82) is 0 Å². The highest BCUT2D eigenvalue weighted by Crippen LogP contribution is 2.26. The molecule has 0 unspecified atom stereocenters. The van der Waals surface area contributed by atoms with Crippen molar-refractivity contribution in [2.75, 3.05) is 198 Å². The average molecular weight is 1660 g/mol. The van der Waals surface area contributed by atoms with Gasteiger partial charge in [0.1, 0.15) is 29.5 Å². The molecule has 32 nitrogen and oxygen atoms in total. The average Bonchev–Trinajstić information content (AvgIpc) is 0.854. The maximum Gasteiger partial charge on any atom is 0.407 e. The number of hydrogen-bond donors (Lipinski definition) is 8. The lowest BCUT2D eigenvalue weighted by atomic mass is 10.0. The van der Waals surface area contributed by atoms with Crippen LogP contribution in [0.5, 0.6) is 0 Å². The molecule has 0 atom stereocenters. The number of ketones is 3. The van der Waals surface area contributed by atoms with E-state index in [1.54, 1.807) is 6.92 Å². The Hall–Kier alpha value is -5.04. The summed E-state index contributed by atoms with van der Waals surface area (Å²) in [5.74, 6) is -2.50. The molecule has 0 heterocycles. The van der Waals surface area contributed by atoms with Crippen LogP contribution in [-0.4, -0.2) is 282 Å². The van der Waals surface area contributed by atoms with Crippen molar-refractivity contribution < 1.29 is 125 Å². The quantitative estimate of drug-likeness (QED) is 0.0211. The summed E-state index contributed by atoms with van der Waals surface area (Å²) in [5, 5.41) is 34.5. The summed E-state index contributed by atoms with van der Waals surface area (Å²) < 4.78 is 71.6. The van der Waals surface area contributed by atoms with Gasteiger partial charge in [0.25, 0.3) is 0 Å². The van der Waals surface area contributed by atoms with E-state index in [4.69, 9.17) is 107 Å². The number of ether oxygens (including phenoxy) is 13. The normalized spacial score (nSPS) is 11.5. The third-order valence-electron chi connectivity index (χ3n) is 16.3. The summed E-state index contributed by atoms with van der Waals surface area (Å²) in [4.78, 5) is 133. The van der Waals surface area contributed by atoms with E-state index in [0.717, 1.165) is 83.5 Å². The van der Waals surface area contributed by atoms with Gasteiger partial charge in [-0.25, -0.2) is 4.79 Å². The number of hydrogen-bond acceptors (Lipinski definition) is 24. The zero-order valence-corrected chi connectivity index (χ0v) is 68.4. The lowest BCUT2D eigenvalue weighted by molar-refractivity contribution is -0.138. The number of alkyl carbamates (subject to hydrolysis) is 1. The van der Waals surface area contributed by atoms with Gasteiger partial charge >= 0.3 is 18.0 Å². The molecular weight excluding hydrogens is 1520 g/mol. The predicted octanol–water partition coefficient (Wildman–Crippen LogP) is 7.98. The zero-order valence-electron chi connectivity index (χ0n) is 66.2. The lowest BCUT2D eigenvalue weighted by Crippen LogP contribution is -2.58. The van der Waals surface area contributed by atoms with Crippen LogP contribution in [0.15, 0.2) is 0 Å². The summed E-state index contributed by atoms with van der Waals surface area (Å²) in [6.07, 6.45) is 17.0. The standard InChI is InChI=1S/C76H135Cl3N6O26/c1-64(86)22-12-5-2-8-16-34-80-67(89)32-45-103-52-58-107-59-53-104-47-38-83-70(92)33-46-110-62-75(85-71(93)25-13-11-19-37-84-74(98)111-63-76(77,78)79,60-108-41-28-65(87)23-20-39-99-48-54-105-56-50-101-43-30-68(90)81-35-17-9-3-6-14-26-72(94)95)61-109-42-29-66(88)24-21-40-100-49-55-106-57-51-102-44-31-69(91)82-36-18-10-4-7-15-27-73(96)97/h2-63H2,1H3,(H,80,89)(H,81,90)(H,82,91)(H,83,92)(H,84,98)(H,85,93)(H,94,95)(H,96,97). The second kappa shape index (κ2) is 77.5. The Balaban J connectivity index is 5.33. The van der Waals surface area contributed by atoms with Crippen molar-refractivity contribution in [2.45, 2.75) is 222 Å². The summed E-state index contributed by atoms with van der Waals surface area (Å²) >= 11 is 17.0. The Labute approximate surface area is 672 Å². The monoisotopic (exact) mass is 1650 g/mol. The van der Waals surface area contributed by atoms with Gasteiger partial charge in [0.15, 0.2) is 0 Å². The van der Waals surface area contributed by atoms with E-state index >= 15 is 0 Å². The largest absolute Gasteiger partial charge is 0.481 e. The molecule has 111 heavy (non-hydrogen) atoms. The number of Topliss-reactive ketones (excluding diaryl/α,β-unsaturated/α-hetero) is 3. The van der Waals surface area contributed by atoms with Crippen LogP contribution in [0, 0.1) is 0 Å². The number of halogens is 3. The van der Waals surface area contributed by atoms with Gasteiger partial charge in [-0.15, -0.1) is 0 Å². The maximum absolute atomic E-state index is 13.8. The van der Waals surface area contributed by atoms with Crippen LogP contribution in [-0.2, 0) is 110 Å². The van der Waals surface area contributed by atoms with Gasteiger partial charge < -0.3 is 108 Å². The molecule has 0 aromatic carbocycles. The number of carbonyl (C=O) groups is 11. The molecule has 35 heteroatoms. The molecule has 0 aliphatic carbocycles. The van der Waals surface area contributed by atoms with Gasteiger partial charge in [-0.05, 0) is 71.1 Å². The third kappa shape index (κ3) is 81.3. The van der Waals surface area contributed by atoms with Crippen LogP contribution in [0.25, 0.3) is 0 Å². The van der Waals surface area contributed by atoms with Crippen LogP contribution in [0.4, 0.5) is 4.79 Å². The van der Waals surface area contributed by atoms with Gasteiger partial charge in [-0.1, -0.05) is 99.0 Å². The molecule has 0 aliphatic rings. The fourth-order valence-electron chi connectivity index (χ4n) is 10.2. The van der Waals surface area contributed by atoms with Crippen LogP contribution in [0.1, 0.15) is 212 Å². The number of rotatable bonds is 85. The smallest absolute Gasteiger partial charge is 0.407 e. The first-order chi connectivity index (χ1) is 53.6. The Kier molecular flexibility index (Phi) is 74.0. The molecule has 0 saturated carbocycles. The van der Waals surface area contributed by atoms with Crippen LogP contribution in [0.2, 0.25) is 0 Å². The Morgan fingerprint density at radius 1 is 0.261 bits per heavy atom. The highest BCUT2D eigenvalue weighted by Gasteiger charge is 2.34. The van der Waals surface area contributed by atoms with Crippen molar-refractivity contribution >= 4 is 99.7 Å². The number of alkyl halides is 3. The Bertz CT molecular complexity index is 2200. The molecule has 8 N–H and O–H groups in total. The molecule has 0 rings (SSSR count). The zero-order chi connectivity index (χ0) is 81.6. The van der Waals surface area contributed by atoms with E-state index in [1.807, 2.05) is 0 Å². The molecule has 0 aliphatic heterocycles. The van der Waals surface area contributed by atoms with E-state index in [9.17, 15) is 52.7 Å². The molecule has 0 fully saturated rings. The number of unbranched alkanes of at least 4 members (excludes halogenated alkanes) is 14. The highest BCUT2D eigenvalue weighted by molar-refractivity contribution is 6.67. The molecule has 0 radical (unpaired) electrons. The topological polar surface area (TPSA) is 420 Å². The highest BCUT2D eigenvalue weighted by atomic mass is 35.6. The van der Waals surface area contributed by atoms with Crippen LogP contribution >= 0.6 is 34.8 Å². The van der Waals surface area contributed by atoms with Crippen LogP contribution in [0.3, 0.4) is 0 Å². The van der Waals surface area contributed by atoms with Gasteiger partial charge in [0.05, 0.1) is 145 Å². The number of carbonyl (C=O) groups excluding carboxylic acids is 9. The van der Waals surface area contributed by atoms with Crippen LogP contribution < -0.4 is 31.9 Å². The van der Waals surface area contributed by atoms with E-state index in [-0.39, 0.29) is 203 Å². The maximum atomic E-state index is 13.8. The number of aliphatic carboxylic acids is 2. The molecule has 0 spiro atoms. The van der Waals surface area contributed by atoms with E-state index in [0.29, 0.717) is 157 Å². The number of nitrogens with one attached hydrogen (secondary N) is 6. The minimum atomic E-state index is -1.77. The molecule has 0 aromatic heterocycles. The minimum Gasteiger partial charge on any atom is -0.481 e. The Morgan fingerprint density at radius 3 is 0.919 bits per heavy atom. The van der Waals surface area contributed by atoms with Crippen molar-refractivity contribution in [3.63, 3.8) is 0 Å². The molecular formula is C76H135Cl3N6O26. The van der Waals surface area contributed by atoms with E-state index in [2.05, 4.69) is 31.9 Å². The van der Waals surface area contributed by atoms with E-state index < -0.39 is 34.0 Å². The van der Waals surface area contributed by atoms with Crippen molar-refractivity contribution in [3.8, 4) is 0 Å². The molecule has 6 amide bonds. The van der Waals surface area contributed by atoms with Crippen molar-refractivity contribution in [3.05, 3.63) is 0 Å². The predicted molar refractivity (Wildman–Crippen MR) is 416 cm³/mol. The van der Waals surface area contributed by atoms with Gasteiger partial charge in [-0.2, -0.15) is 0 Å². The summed E-state index contributed by atoms with van der Waals surface area (Å²) in [6, 6.07) is 0. The number of carboxylic acids is 2.